The van der Waals surface area contributed by atoms with Gasteiger partial charge in [-0.3, -0.25) is 9.59 Å². The molecule has 0 bridgehead atoms. The first-order valence-electron chi connectivity index (χ1n) is 11.9. The molecule has 0 unspecified atom stereocenters. The van der Waals surface area contributed by atoms with Gasteiger partial charge in [-0.1, -0.05) is 24.3 Å². The Bertz CT molecular complexity index is 1420. The molecule has 0 radical (unpaired) electrons. The van der Waals surface area contributed by atoms with E-state index in [0.717, 1.165) is 27.9 Å². The molecule has 4 aromatic rings. The van der Waals surface area contributed by atoms with Crippen molar-refractivity contribution < 1.29 is 18.7 Å². The summed E-state index contributed by atoms with van der Waals surface area (Å²) in [7, 11) is 3.47. The fourth-order valence-electron chi connectivity index (χ4n) is 4.32. The summed E-state index contributed by atoms with van der Waals surface area (Å²) in [6.45, 7) is 4.28. The van der Waals surface area contributed by atoms with E-state index in [4.69, 9.17) is 9.15 Å². The van der Waals surface area contributed by atoms with Crippen LogP contribution in [0.3, 0.4) is 0 Å². The zero-order valence-electron chi connectivity index (χ0n) is 20.6. The van der Waals surface area contributed by atoms with Gasteiger partial charge in [0.25, 0.3) is 17.8 Å². The average molecular weight is 485 g/mol. The minimum Gasteiger partial charge on any atom is -0.423 e. The average Bonchev–Trinajstić information content (AvgIpc) is 3.31. The molecule has 2 amide bonds. The number of hydrogen-bond donors (Lipinski definition) is 1. The third-order valence-corrected chi connectivity index (χ3v) is 6.27. The Morgan fingerprint density at radius 1 is 1.00 bits per heavy atom. The highest BCUT2D eigenvalue weighted by Crippen LogP contribution is 2.32. The van der Waals surface area contributed by atoms with Crippen molar-refractivity contribution in [3.63, 3.8) is 0 Å². The first-order valence-corrected chi connectivity index (χ1v) is 11.9. The van der Waals surface area contributed by atoms with E-state index >= 15 is 0 Å². The number of aryl methyl sites for hydroxylation is 1. The normalized spacial score (nSPS) is 13.6. The maximum atomic E-state index is 12.8. The van der Waals surface area contributed by atoms with Gasteiger partial charge in [-0.25, -0.2) is 0 Å². The quantitative estimate of drug-likeness (QED) is 0.441. The van der Waals surface area contributed by atoms with Gasteiger partial charge in [-0.2, -0.15) is 4.98 Å². The number of para-hydroxylation sites is 1. The maximum absolute atomic E-state index is 12.8. The Labute approximate surface area is 209 Å². The van der Waals surface area contributed by atoms with Crippen LogP contribution in [0, 0.1) is 6.92 Å². The predicted molar refractivity (Wildman–Crippen MR) is 139 cm³/mol. The summed E-state index contributed by atoms with van der Waals surface area (Å²) in [5.41, 5.74) is 6.15. The zero-order valence-corrected chi connectivity index (χ0v) is 20.6. The molecule has 0 atom stereocenters. The summed E-state index contributed by atoms with van der Waals surface area (Å²) in [6, 6.07) is 19.3. The van der Waals surface area contributed by atoms with Crippen LogP contribution in [0.1, 0.15) is 26.3 Å². The third kappa shape index (κ3) is 4.67. The van der Waals surface area contributed by atoms with Gasteiger partial charge in [-0.05, 0) is 54.4 Å². The van der Waals surface area contributed by atoms with Crippen LogP contribution in [0.4, 0.5) is 11.7 Å². The third-order valence-electron chi connectivity index (χ3n) is 6.27. The monoisotopic (exact) mass is 484 g/mol. The van der Waals surface area contributed by atoms with E-state index in [2.05, 4.69) is 10.3 Å². The highest BCUT2D eigenvalue weighted by atomic mass is 16.5. The number of nitrogens with zero attached hydrogens (tertiary/aromatic N) is 3. The largest absolute Gasteiger partial charge is 0.423 e. The van der Waals surface area contributed by atoms with E-state index < -0.39 is 0 Å². The van der Waals surface area contributed by atoms with Crippen molar-refractivity contribution in [1.29, 1.82) is 0 Å². The van der Waals surface area contributed by atoms with Crippen LogP contribution >= 0.6 is 0 Å². The number of aromatic nitrogens is 1. The van der Waals surface area contributed by atoms with Gasteiger partial charge < -0.3 is 24.3 Å². The number of fused-ring (bicyclic) bond motifs is 1. The van der Waals surface area contributed by atoms with Crippen LogP contribution in [-0.4, -0.2) is 67.0 Å². The number of morpholine rings is 1. The second kappa shape index (κ2) is 9.83. The Morgan fingerprint density at radius 3 is 2.44 bits per heavy atom. The summed E-state index contributed by atoms with van der Waals surface area (Å²) in [4.78, 5) is 33.0. The Hall–Kier alpha value is -4.17. The number of ether oxygens (including phenoxy) is 1. The molecule has 184 valence electrons. The van der Waals surface area contributed by atoms with Crippen LogP contribution < -0.4 is 5.32 Å². The fraction of sp³-hybridized carbons (Fsp3) is 0.250. The topological polar surface area (TPSA) is 87.9 Å². The minimum atomic E-state index is -0.0387. The molecular weight excluding hydrogens is 456 g/mol. The van der Waals surface area contributed by atoms with E-state index in [1.807, 2.05) is 66.4 Å². The second-order valence-corrected chi connectivity index (χ2v) is 9.01. The van der Waals surface area contributed by atoms with E-state index in [0.29, 0.717) is 49.0 Å². The molecule has 8 heteroatoms. The van der Waals surface area contributed by atoms with Crippen LogP contribution in [0.2, 0.25) is 0 Å². The number of carbonyl (C=O) groups excluding carboxylic acids is 2. The van der Waals surface area contributed by atoms with Crippen molar-refractivity contribution in [2.75, 3.05) is 45.7 Å². The summed E-state index contributed by atoms with van der Waals surface area (Å²) < 4.78 is 11.4. The molecule has 1 aliphatic heterocycles. The van der Waals surface area contributed by atoms with Crippen molar-refractivity contribution >= 4 is 34.6 Å². The van der Waals surface area contributed by atoms with Gasteiger partial charge in [0.2, 0.25) is 0 Å². The number of amides is 2. The van der Waals surface area contributed by atoms with Crippen molar-refractivity contribution in [2.24, 2.45) is 0 Å². The molecule has 0 saturated carbocycles. The zero-order chi connectivity index (χ0) is 25.2. The standard InChI is InChI=1S/C28H28N4O4/c1-18-17-21(11-12-22(18)27(34)31(2)3)29-28-30-24-6-4-5-23(25(24)36-28)19-7-9-20(10-8-19)26(33)32-13-15-35-16-14-32/h4-12,17H,13-16H2,1-3H3,(H,29,30). The highest BCUT2D eigenvalue weighted by Gasteiger charge is 2.19. The van der Waals surface area contributed by atoms with E-state index in [-0.39, 0.29) is 11.8 Å². The van der Waals surface area contributed by atoms with Crippen molar-refractivity contribution in [2.45, 2.75) is 6.92 Å². The number of benzene rings is 3. The number of anilines is 2. The Balaban J connectivity index is 1.38. The van der Waals surface area contributed by atoms with Crippen LogP contribution in [0.5, 0.6) is 0 Å². The van der Waals surface area contributed by atoms with Gasteiger partial charge in [0.05, 0.1) is 13.2 Å². The molecule has 8 nitrogen and oxygen atoms in total. The molecular formula is C28H28N4O4. The molecule has 2 heterocycles. The molecule has 1 N–H and O–H groups in total. The number of nitrogens with one attached hydrogen (secondary N) is 1. The van der Waals surface area contributed by atoms with Crippen molar-refractivity contribution in [3.8, 4) is 11.1 Å². The lowest BCUT2D eigenvalue weighted by Crippen LogP contribution is -2.40. The molecule has 0 spiro atoms. The van der Waals surface area contributed by atoms with E-state index in [1.54, 1.807) is 25.1 Å². The molecule has 0 aliphatic carbocycles. The molecule has 1 aromatic heterocycles. The second-order valence-electron chi connectivity index (χ2n) is 9.01. The van der Waals surface area contributed by atoms with Gasteiger partial charge in [0, 0.05) is 49.6 Å². The highest BCUT2D eigenvalue weighted by molar-refractivity contribution is 5.97. The Kier molecular flexibility index (Phi) is 6.43. The van der Waals surface area contributed by atoms with Gasteiger partial charge >= 0.3 is 0 Å². The lowest BCUT2D eigenvalue weighted by atomic mass is 10.0. The fourth-order valence-corrected chi connectivity index (χ4v) is 4.32. The summed E-state index contributed by atoms with van der Waals surface area (Å²) >= 11 is 0. The summed E-state index contributed by atoms with van der Waals surface area (Å²) in [5.74, 6) is -0.0222. The van der Waals surface area contributed by atoms with Crippen molar-refractivity contribution in [1.82, 2.24) is 14.8 Å². The van der Waals surface area contributed by atoms with Gasteiger partial charge in [-0.15, -0.1) is 0 Å². The number of carbonyl (C=O) groups is 2. The lowest BCUT2D eigenvalue weighted by Gasteiger charge is -2.26. The first-order chi connectivity index (χ1) is 17.4. The maximum Gasteiger partial charge on any atom is 0.300 e. The minimum absolute atomic E-state index is 0.0165. The van der Waals surface area contributed by atoms with Crippen LogP contribution in [0.15, 0.2) is 65.1 Å². The van der Waals surface area contributed by atoms with Crippen molar-refractivity contribution in [3.05, 3.63) is 77.4 Å². The lowest BCUT2D eigenvalue weighted by molar-refractivity contribution is 0.0303. The molecule has 1 fully saturated rings. The smallest absolute Gasteiger partial charge is 0.300 e. The predicted octanol–water partition coefficient (Wildman–Crippen LogP) is 4.72. The number of oxazole rings is 1. The number of rotatable bonds is 5. The molecule has 3 aromatic carbocycles. The number of hydrogen-bond acceptors (Lipinski definition) is 6. The SMILES string of the molecule is Cc1cc(Nc2nc3cccc(-c4ccc(C(=O)N5CCOCC5)cc4)c3o2)ccc1C(=O)N(C)C. The van der Waals surface area contributed by atoms with Crippen LogP contribution in [-0.2, 0) is 4.74 Å². The Morgan fingerprint density at radius 2 is 1.75 bits per heavy atom. The molecule has 5 rings (SSSR count). The summed E-state index contributed by atoms with van der Waals surface area (Å²) in [6.07, 6.45) is 0. The van der Waals surface area contributed by atoms with Gasteiger partial charge in [0.1, 0.15) is 5.52 Å². The molecule has 1 aliphatic rings. The summed E-state index contributed by atoms with van der Waals surface area (Å²) in [5, 5.41) is 3.21. The molecule has 36 heavy (non-hydrogen) atoms. The molecule has 1 saturated heterocycles. The van der Waals surface area contributed by atoms with E-state index in [9.17, 15) is 9.59 Å². The van der Waals surface area contributed by atoms with Gasteiger partial charge in [0.15, 0.2) is 5.58 Å². The van der Waals surface area contributed by atoms with E-state index in [1.165, 1.54) is 0 Å². The van der Waals surface area contributed by atoms with Crippen LogP contribution in [0.25, 0.3) is 22.2 Å². The first kappa shape index (κ1) is 23.6.